The summed E-state index contributed by atoms with van der Waals surface area (Å²) in [6.07, 6.45) is -0.428. The number of carbonyl (C=O) groups excluding carboxylic acids is 1. The Labute approximate surface area is 126 Å². The highest BCUT2D eigenvalue weighted by molar-refractivity contribution is 5.91. The van der Waals surface area contributed by atoms with Gasteiger partial charge in [0.25, 0.3) is 11.5 Å². The molecule has 1 aliphatic rings. The molecule has 0 radical (unpaired) electrons. The highest BCUT2D eigenvalue weighted by atomic mass is 16.5. The summed E-state index contributed by atoms with van der Waals surface area (Å²) in [7, 11) is 0. The second kappa shape index (κ2) is 5.72. The number of rotatable bonds is 2. The van der Waals surface area contributed by atoms with E-state index in [0.717, 1.165) is 0 Å². The minimum atomic E-state index is -0.428. The smallest absolute Gasteiger partial charge is 0.292 e. The fraction of sp³-hybridized carbons (Fsp3) is 0.429. The lowest BCUT2D eigenvalue weighted by Crippen LogP contribution is -2.42. The van der Waals surface area contributed by atoms with E-state index >= 15 is 0 Å². The summed E-state index contributed by atoms with van der Waals surface area (Å²) >= 11 is 0. The Hall–Kier alpha value is -2.48. The molecule has 8 nitrogen and oxygen atoms in total. The average molecular weight is 304 g/mol. The van der Waals surface area contributed by atoms with Crippen LogP contribution in [0.4, 0.5) is 0 Å². The Balaban J connectivity index is 1.79. The van der Waals surface area contributed by atoms with Crippen molar-refractivity contribution in [1.82, 2.24) is 20.0 Å². The van der Waals surface area contributed by atoms with Crippen LogP contribution in [0.1, 0.15) is 33.9 Å². The zero-order chi connectivity index (χ0) is 15.7. The number of aryl methyl sites for hydroxylation is 2. The van der Waals surface area contributed by atoms with Gasteiger partial charge in [0.15, 0.2) is 0 Å². The van der Waals surface area contributed by atoms with Gasteiger partial charge in [0.1, 0.15) is 11.9 Å². The van der Waals surface area contributed by atoms with Crippen molar-refractivity contribution in [1.29, 1.82) is 0 Å². The van der Waals surface area contributed by atoms with Crippen LogP contribution in [0, 0.1) is 13.8 Å². The number of aromatic nitrogens is 3. The number of nitrogens with zero attached hydrogens (tertiary/aromatic N) is 3. The van der Waals surface area contributed by atoms with Gasteiger partial charge in [-0.05, 0) is 13.8 Å². The SMILES string of the molecule is Cc1cc(C(=O)N2CCO[C@@H](c3cc(=O)[nH]c(C)n3)C2)on1. The zero-order valence-electron chi connectivity index (χ0n) is 12.3. The van der Waals surface area contributed by atoms with E-state index in [0.29, 0.717) is 36.9 Å². The standard InChI is InChI=1S/C14H16N4O4/c1-8-5-11(22-17-8)14(20)18-3-4-21-12(7-18)10-6-13(19)16-9(2)15-10/h5-6,12H,3-4,7H2,1-2H3,(H,15,16,19)/t12-/m1/s1. The molecule has 0 spiro atoms. The predicted molar refractivity (Wildman–Crippen MR) is 75.4 cm³/mol. The summed E-state index contributed by atoms with van der Waals surface area (Å²) in [6.45, 7) is 4.60. The van der Waals surface area contributed by atoms with E-state index in [2.05, 4.69) is 15.1 Å². The molecule has 2 aromatic heterocycles. The van der Waals surface area contributed by atoms with E-state index in [9.17, 15) is 9.59 Å². The number of amides is 1. The zero-order valence-corrected chi connectivity index (χ0v) is 12.3. The van der Waals surface area contributed by atoms with Crippen molar-refractivity contribution in [2.24, 2.45) is 0 Å². The maximum absolute atomic E-state index is 12.4. The van der Waals surface area contributed by atoms with Gasteiger partial charge in [-0.15, -0.1) is 0 Å². The average Bonchev–Trinajstić information content (AvgIpc) is 2.92. The molecule has 1 atom stereocenters. The molecule has 1 saturated heterocycles. The molecule has 1 aliphatic heterocycles. The molecular formula is C14H16N4O4. The Morgan fingerprint density at radius 3 is 2.91 bits per heavy atom. The van der Waals surface area contributed by atoms with Gasteiger partial charge >= 0.3 is 0 Å². The minimum absolute atomic E-state index is 0.202. The molecule has 0 aromatic carbocycles. The van der Waals surface area contributed by atoms with Crippen LogP contribution in [0.15, 0.2) is 21.5 Å². The van der Waals surface area contributed by atoms with Crippen molar-refractivity contribution in [2.45, 2.75) is 20.0 Å². The van der Waals surface area contributed by atoms with E-state index < -0.39 is 6.10 Å². The van der Waals surface area contributed by atoms with E-state index in [1.54, 1.807) is 24.8 Å². The van der Waals surface area contributed by atoms with Gasteiger partial charge in [0.05, 0.1) is 24.5 Å². The molecule has 1 fully saturated rings. The minimum Gasteiger partial charge on any atom is -0.368 e. The molecule has 116 valence electrons. The van der Waals surface area contributed by atoms with Crippen molar-refractivity contribution < 1.29 is 14.1 Å². The van der Waals surface area contributed by atoms with E-state index in [4.69, 9.17) is 9.26 Å². The van der Waals surface area contributed by atoms with Gasteiger partial charge in [0, 0.05) is 18.7 Å². The summed E-state index contributed by atoms with van der Waals surface area (Å²) in [4.78, 5) is 32.4. The van der Waals surface area contributed by atoms with Gasteiger partial charge in [0.2, 0.25) is 5.76 Å². The van der Waals surface area contributed by atoms with E-state index in [1.807, 2.05) is 0 Å². The number of carbonyl (C=O) groups is 1. The first kappa shape index (κ1) is 14.5. The first-order valence-corrected chi connectivity index (χ1v) is 6.95. The molecular weight excluding hydrogens is 288 g/mol. The Bertz CT molecular complexity index is 751. The maximum Gasteiger partial charge on any atom is 0.292 e. The normalized spacial score (nSPS) is 18.5. The van der Waals surface area contributed by atoms with Crippen molar-refractivity contribution in [3.63, 3.8) is 0 Å². The fourth-order valence-electron chi connectivity index (χ4n) is 2.40. The van der Waals surface area contributed by atoms with Crippen LogP contribution < -0.4 is 5.56 Å². The molecule has 0 unspecified atom stereocenters. The topological polar surface area (TPSA) is 101 Å². The second-order valence-corrected chi connectivity index (χ2v) is 5.20. The monoisotopic (exact) mass is 304 g/mol. The lowest BCUT2D eigenvalue weighted by atomic mass is 10.2. The third kappa shape index (κ3) is 2.91. The number of nitrogens with one attached hydrogen (secondary N) is 1. The predicted octanol–water partition coefficient (Wildman–Crippen LogP) is 0.588. The highest BCUT2D eigenvalue weighted by Crippen LogP contribution is 2.21. The lowest BCUT2D eigenvalue weighted by Gasteiger charge is -2.31. The summed E-state index contributed by atoms with van der Waals surface area (Å²) < 4.78 is 10.6. The summed E-state index contributed by atoms with van der Waals surface area (Å²) in [6, 6.07) is 2.99. The largest absolute Gasteiger partial charge is 0.368 e. The highest BCUT2D eigenvalue weighted by Gasteiger charge is 2.29. The molecule has 0 bridgehead atoms. The molecule has 3 rings (SSSR count). The number of ether oxygens (including phenoxy) is 1. The lowest BCUT2D eigenvalue weighted by molar-refractivity contribution is -0.0260. The summed E-state index contributed by atoms with van der Waals surface area (Å²) in [5.74, 6) is 0.476. The number of aromatic amines is 1. The van der Waals surface area contributed by atoms with Crippen LogP contribution in [0.3, 0.4) is 0 Å². The van der Waals surface area contributed by atoms with Crippen LogP contribution in [-0.2, 0) is 4.74 Å². The van der Waals surface area contributed by atoms with Crippen molar-refractivity contribution in [2.75, 3.05) is 19.7 Å². The second-order valence-electron chi connectivity index (χ2n) is 5.20. The number of morpholine rings is 1. The van der Waals surface area contributed by atoms with Crippen molar-refractivity contribution in [3.8, 4) is 0 Å². The third-order valence-electron chi connectivity index (χ3n) is 3.40. The van der Waals surface area contributed by atoms with Gasteiger partial charge < -0.3 is 19.1 Å². The van der Waals surface area contributed by atoms with E-state index in [-0.39, 0.29) is 17.2 Å². The number of hydrogen-bond donors (Lipinski definition) is 1. The number of hydrogen-bond acceptors (Lipinski definition) is 6. The van der Waals surface area contributed by atoms with Crippen molar-refractivity contribution >= 4 is 5.91 Å². The van der Waals surface area contributed by atoms with E-state index in [1.165, 1.54) is 6.07 Å². The first-order chi connectivity index (χ1) is 10.5. The molecule has 8 heteroatoms. The van der Waals surface area contributed by atoms with Crippen LogP contribution in [0.2, 0.25) is 0 Å². The molecule has 22 heavy (non-hydrogen) atoms. The molecule has 0 aliphatic carbocycles. The summed E-state index contributed by atoms with van der Waals surface area (Å²) in [5, 5.41) is 3.72. The van der Waals surface area contributed by atoms with Crippen LogP contribution >= 0.6 is 0 Å². The molecule has 0 saturated carbocycles. The fourth-order valence-corrected chi connectivity index (χ4v) is 2.40. The number of H-pyrrole nitrogens is 1. The Kier molecular flexibility index (Phi) is 3.76. The van der Waals surface area contributed by atoms with Crippen LogP contribution in [0.5, 0.6) is 0 Å². The van der Waals surface area contributed by atoms with Gasteiger partial charge in [-0.2, -0.15) is 0 Å². The van der Waals surface area contributed by atoms with Gasteiger partial charge in [-0.3, -0.25) is 9.59 Å². The van der Waals surface area contributed by atoms with Crippen LogP contribution in [-0.4, -0.2) is 45.6 Å². The quantitative estimate of drug-likeness (QED) is 0.871. The molecule has 2 aromatic rings. The Morgan fingerprint density at radius 1 is 1.41 bits per heavy atom. The molecule has 1 amide bonds. The molecule has 1 N–H and O–H groups in total. The van der Waals surface area contributed by atoms with Gasteiger partial charge in [-0.25, -0.2) is 4.98 Å². The Morgan fingerprint density at radius 2 is 2.23 bits per heavy atom. The van der Waals surface area contributed by atoms with Gasteiger partial charge in [-0.1, -0.05) is 5.16 Å². The van der Waals surface area contributed by atoms with Crippen LogP contribution in [0.25, 0.3) is 0 Å². The van der Waals surface area contributed by atoms with Crippen molar-refractivity contribution in [3.05, 3.63) is 45.5 Å². The summed E-state index contributed by atoms with van der Waals surface area (Å²) in [5.41, 5.74) is 0.938. The first-order valence-electron chi connectivity index (χ1n) is 6.95. The third-order valence-corrected chi connectivity index (χ3v) is 3.40. The maximum atomic E-state index is 12.4. The molecule has 3 heterocycles.